The fourth-order valence-electron chi connectivity index (χ4n) is 3.83. The van der Waals surface area contributed by atoms with Crippen molar-refractivity contribution in [1.29, 1.82) is 0 Å². The number of halogens is 1. The summed E-state index contributed by atoms with van der Waals surface area (Å²) in [5, 5.41) is 3.82. The van der Waals surface area contributed by atoms with Gasteiger partial charge in [0.1, 0.15) is 18.1 Å². The highest BCUT2D eigenvalue weighted by Gasteiger charge is 2.49. The third-order valence-corrected chi connectivity index (χ3v) is 6.50. The second-order valence-corrected chi connectivity index (χ2v) is 8.64. The van der Waals surface area contributed by atoms with E-state index in [0.29, 0.717) is 34.2 Å². The van der Waals surface area contributed by atoms with Crippen LogP contribution in [-0.4, -0.2) is 66.2 Å². The summed E-state index contributed by atoms with van der Waals surface area (Å²) in [4.78, 5) is 40.3. The molecule has 0 bridgehead atoms. The summed E-state index contributed by atoms with van der Waals surface area (Å²) in [5.74, 6) is -0.193. The molecule has 2 aliphatic rings. The average Bonchev–Trinajstić information content (AvgIpc) is 3.35. The van der Waals surface area contributed by atoms with Gasteiger partial charge in [-0.25, -0.2) is 9.18 Å². The van der Waals surface area contributed by atoms with Gasteiger partial charge in [0.2, 0.25) is 5.75 Å². The summed E-state index contributed by atoms with van der Waals surface area (Å²) < 4.78 is 30.5. The number of benzene rings is 2. The van der Waals surface area contributed by atoms with E-state index in [1.165, 1.54) is 61.9 Å². The van der Waals surface area contributed by atoms with Gasteiger partial charge in [-0.15, -0.1) is 11.8 Å². The van der Waals surface area contributed by atoms with Crippen LogP contribution < -0.4 is 19.5 Å². The van der Waals surface area contributed by atoms with E-state index in [1.54, 1.807) is 23.6 Å². The molecule has 0 aliphatic carbocycles. The van der Waals surface area contributed by atoms with E-state index in [9.17, 15) is 18.8 Å². The van der Waals surface area contributed by atoms with Crippen molar-refractivity contribution in [3.05, 3.63) is 59.3 Å². The Kier molecular flexibility index (Phi) is 7.06. The van der Waals surface area contributed by atoms with Gasteiger partial charge in [0.15, 0.2) is 23.3 Å². The molecule has 35 heavy (non-hydrogen) atoms. The molecule has 11 heteroatoms. The van der Waals surface area contributed by atoms with Crippen LogP contribution >= 0.6 is 11.8 Å². The monoisotopic (exact) mass is 500 g/mol. The molecule has 0 saturated heterocycles. The van der Waals surface area contributed by atoms with Gasteiger partial charge < -0.3 is 19.5 Å². The van der Waals surface area contributed by atoms with Gasteiger partial charge in [0.05, 0.1) is 21.3 Å². The van der Waals surface area contributed by atoms with E-state index < -0.39 is 23.0 Å². The maximum Gasteiger partial charge on any atom is 0.501 e. The highest BCUT2D eigenvalue weighted by atomic mass is 32.2. The molecule has 2 aromatic rings. The van der Waals surface area contributed by atoms with Crippen LogP contribution in [0.25, 0.3) is 0 Å². The first-order valence-electron chi connectivity index (χ1n) is 10.5. The zero-order chi connectivity index (χ0) is 25.1. The molecule has 0 radical (unpaired) electrons. The molecule has 0 fully saturated rings. The number of anilines is 1. The SMILES string of the molecule is COc1cc(NC(=O)C[N+]2=C3C=CSC3C(=O)N(Cc3ccc(F)cc3)C2=O)cc(OC)c1OC. The van der Waals surface area contributed by atoms with E-state index in [4.69, 9.17) is 14.2 Å². The molecule has 9 nitrogen and oxygen atoms in total. The maximum atomic E-state index is 13.3. The van der Waals surface area contributed by atoms with Crippen LogP contribution in [0, 0.1) is 5.82 Å². The number of carbonyl (C=O) groups is 3. The van der Waals surface area contributed by atoms with Crippen molar-refractivity contribution in [1.82, 2.24) is 4.90 Å². The van der Waals surface area contributed by atoms with Crippen molar-refractivity contribution in [3.63, 3.8) is 0 Å². The summed E-state index contributed by atoms with van der Waals surface area (Å²) in [6, 6.07) is 8.07. The minimum absolute atomic E-state index is 0.0344. The Morgan fingerprint density at radius 1 is 1.09 bits per heavy atom. The first-order chi connectivity index (χ1) is 16.9. The lowest BCUT2D eigenvalue weighted by Crippen LogP contribution is -2.55. The number of thioether (sulfide) groups is 1. The van der Waals surface area contributed by atoms with Crippen LogP contribution in [0.1, 0.15) is 5.56 Å². The number of urea groups is 1. The van der Waals surface area contributed by atoms with Gasteiger partial charge >= 0.3 is 11.9 Å². The van der Waals surface area contributed by atoms with Crippen LogP contribution in [0.2, 0.25) is 0 Å². The first kappa shape index (κ1) is 24.3. The Labute approximate surface area is 205 Å². The average molecular weight is 501 g/mol. The fourth-order valence-corrected chi connectivity index (χ4v) is 4.79. The van der Waals surface area contributed by atoms with E-state index >= 15 is 0 Å². The molecule has 1 N–H and O–H groups in total. The number of fused-ring (bicyclic) bond motifs is 1. The fraction of sp³-hybridized carbons (Fsp3) is 0.250. The van der Waals surface area contributed by atoms with Gasteiger partial charge in [-0.2, -0.15) is 14.3 Å². The van der Waals surface area contributed by atoms with Crippen molar-refractivity contribution in [3.8, 4) is 17.2 Å². The van der Waals surface area contributed by atoms with Crippen LogP contribution in [0.4, 0.5) is 14.9 Å². The van der Waals surface area contributed by atoms with Crippen molar-refractivity contribution in [2.45, 2.75) is 11.8 Å². The number of imide groups is 1. The summed E-state index contributed by atoms with van der Waals surface area (Å²) in [7, 11) is 4.39. The Bertz CT molecular complexity index is 1220. The highest BCUT2D eigenvalue weighted by Crippen LogP contribution is 2.40. The normalized spacial score (nSPS) is 16.9. The van der Waals surface area contributed by atoms with Gasteiger partial charge in [0.25, 0.3) is 5.91 Å². The molecule has 2 aliphatic heterocycles. The number of rotatable bonds is 8. The lowest BCUT2D eigenvalue weighted by atomic mass is 10.1. The Balaban J connectivity index is 1.57. The summed E-state index contributed by atoms with van der Waals surface area (Å²) >= 11 is 1.26. The number of methoxy groups -OCH3 is 3. The highest BCUT2D eigenvalue weighted by molar-refractivity contribution is 8.04. The number of allylic oxidation sites excluding steroid dienone is 1. The minimum Gasteiger partial charge on any atom is -0.493 e. The number of hydrogen-bond acceptors (Lipinski definition) is 7. The second kappa shape index (κ2) is 10.2. The second-order valence-electron chi connectivity index (χ2n) is 7.63. The number of carbonyl (C=O) groups excluding carboxylic acids is 3. The molecule has 4 rings (SSSR count). The van der Waals surface area contributed by atoms with E-state index in [2.05, 4.69) is 5.32 Å². The topological polar surface area (TPSA) is 97.2 Å². The van der Waals surface area contributed by atoms with E-state index in [-0.39, 0.29) is 19.0 Å². The lowest BCUT2D eigenvalue weighted by Gasteiger charge is -2.24. The smallest absolute Gasteiger partial charge is 0.493 e. The Morgan fingerprint density at radius 3 is 2.34 bits per heavy atom. The molecule has 1 atom stereocenters. The third kappa shape index (κ3) is 4.85. The van der Waals surface area contributed by atoms with E-state index in [1.807, 2.05) is 0 Å². The Hall–Kier alpha value is -3.86. The van der Waals surface area contributed by atoms with Crippen LogP contribution in [0.5, 0.6) is 17.2 Å². The predicted octanol–water partition coefficient (Wildman–Crippen LogP) is 3.04. The predicted molar refractivity (Wildman–Crippen MR) is 128 cm³/mol. The first-order valence-corrected chi connectivity index (χ1v) is 11.5. The molecular weight excluding hydrogens is 477 g/mol. The third-order valence-electron chi connectivity index (χ3n) is 5.49. The number of ether oxygens (including phenoxy) is 3. The number of amides is 4. The zero-order valence-electron chi connectivity index (χ0n) is 19.2. The van der Waals surface area contributed by atoms with Crippen molar-refractivity contribution >= 4 is 41.0 Å². The molecule has 0 aromatic heterocycles. The molecular formula is C24H23FN3O6S+. The quantitative estimate of drug-likeness (QED) is 0.557. The van der Waals surface area contributed by atoms with Crippen molar-refractivity contribution in [2.24, 2.45) is 0 Å². The lowest BCUT2D eigenvalue weighted by molar-refractivity contribution is -0.426. The molecule has 4 amide bonds. The number of nitrogens with zero attached hydrogens (tertiary/aromatic N) is 2. The molecule has 0 spiro atoms. The molecule has 182 valence electrons. The van der Waals surface area contributed by atoms with Gasteiger partial charge in [-0.3, -0.25) is 4.79 Å². The Morgan fingerprint density at radius 2 is 1.74 bits per heavy atom. The summed E-state index contributed by atoms with van der Waals surface area (Å²) in [6.45, 7) is -0.354. The van der Waals surface area contributed by atoms with Gasteiger partial charge in [-0.1, -0.05) is 12.1 Å². The standard InChI is InChI=1S/C24H22FN3O6S/c1-32-18-10-16(11-19(33-2)21(18)34-3)26-20(29)13-27-17-8-9-35-22(17)23(30)28(24(27)31)12-14-4-6-15(25)7-5-14/h4-11,22H,12-13H2,1-3H3/p+1. The van der Waals surface area contributed by atoms with Crippen molar-refractivity contribution < 1.29 is 37.6 Å². The molecule has 2 heterocycles. The largest absolute Gasteiger partial charge is 0.501 e. The minimum atomic E-state index is -0.637. The molecule has 2 aromatic carbocycles. The van der Waals surface area contributed by atoms with Gasteiger partial charge in [-0.05, 0) is 29.2 Å². The maximum absolute atomic E-state index is 13.3. The zero-order valence-corrected chi connectivity index (χ0v) is 20.1. The van der Waals surface area contributed by atoms with Crippen LogP contribution in [0.15, 0.2) is 47.9 Å². The number of hydrogen-bond donors (Lipinski definition) is 1. The summed E-state index contributed by atoms with van der Waals surface area (Å²) in [5.41, 5.74) is 1.42. The van der Waals surface area contributed by atoms with E-state index in [0.717, 1.165) is 4.90 Å². The number of nitrogens with one attached hydrogen (secondary N) is 1. The van der Waals surface area contributed by atoms with Crippen LogP contribution in [0.3, 0.4) is 0 Å². The molecule has 0 saturated carbocycles. The van der Waals surface area contributed by atoms with Gasteiger partial charge in [0, 0.05) is 17.8 Å². The van der Waals surface area contributed by atoms with Crippen molar-refractivity contribution in [2.75, 3.05) is 33.2 Å². The molecule has 1 unspecified atom stereocenters. The van der Waals surface area contributed by atoms with Crippen LogP contribution in [-0.2, 0) is 16.1 Å². The summed E-state index contributed by atoms with van der Waals surface area (Å²) in [6.07, 6.45) is 1.66.